The van der Waals surface area contributed by atoms with E-state index in [0.717, 1.165) is 50.7 Å². The minimum absolute atomic E-state index is 0.945. The standard InChI is InChI=1S/C26H32N4/c1-19-14-24(15-20(2)22(19)4)26-16-23(8-9-27-26)17-29-10-12-30(13-11-29)18-25-7-5-6-21(3)28-25/h5-9,14-16H,10-13,17-18H2,1-4H3. The number of aromatic nitrogens is 2. The lowest BCUT2D eigenvalue weighted by Crippen LogP contribution is -2.45. The Morgan fingerprint density at radius 2 is 1.47 bits per heavy atom. The van der Waals surface area contributed by atoms with Gasteiger partial charge in [-0.25, -0.2) is 0 Å². The number of hydrogen-bond acceptors (Lipinski definition) is 4. The van der Waals surface area contributed by atoms with Crippen LogP contribution in [0.4, 0.5) is 0 Å². The Labute approximate surface area is 180 Å². The van der Waals surface area contributed by atoms with Crippen molar-refractivity contribution in [3.8, 4) is 11.3 Å². The summed E-state index contributed by atoms with van der Waals surface area (Å²) in [5.74, 6) is 0. The fraction of sp³-hybridized carbons (Fsp3) is 0.385. The molecule has 0 atom stereocenters. The van der Waals surface area contributed by atoms with Gasteiger partial charge in [0.1, 0.15) is 0 Å². The van der Waals surface area contributed by atoms with Gasteiger partial charge in [0.05, 0.1) is 11.4 Å². The largest absolute Gasteiger partial charge is 0.297 e. The Bertz CT molecular complexity index is 996. The molecule has 0 amide bonds. The average molecular weight is 401 g/mol. The molecule has 0 spiro atoms. The van der Waals surface area contributed by atoms with Crippen LogP contribution in [0.2, 0.25) is 0 Å². The molecule has 1 aromatic carbocycles. The maximum absolute atomic E-state index is 4.65. The number of piperazine rings is 1. The summed E-state index contributed by atoms with van der Waals surface area (Å²) in [6.45, 7) is 14.9. The lowest BCUT2D eigenvalue weighted by Gasteiger charge is -2.34. The third kappa shape index (κ3) is 4.94. The lowest BCUT2D eigenvalue weighted by molar-refractivity contribution is 0.121. The van der Waals surface area contributed by atoms with Crippen LogP contribution in [0.3, 0.4) is 0 Å². The summed E-state index contributed by atoms with van der Waals surface area (Å²) < 4.78 is 0. The summed E-state index contributed by atoms with van der Waals surface area (Å²) in [7, 11) is 0. The quantitative estimate of drug-likeness (QED) is 0.622. The second kappa shape index (κ2) is 9.07. The van der Waals surface area contributed by atoms with E-state index in [-0.39, 0.29) is 0 Å². The van der Waals surface area contributed by atoms with E-state index >= 15 is 0 Å². The van der Waals surface area contributed by atoms with Crippen LogP contribution in [0.1, 0.15) is 33.6 Å². The second-order valence-electron chi connectivity index (χ2n) is 8.61. The van der Waals surface area contributed by atoms with Crippen molar-refractivity contribution in [3.05, 3.63) is 82.3 Å². The number of hydrogen-bond donors (Lipinski definition) is 0. The van der Waals surface area contributed by atoms with Crippen molar-refractivity contribution >= 4 is 0 Å². The van der Waals surface area contributed by atoms with E-state index in [9.17, 15) is 0 Å². The highest BCUT2D eigenvalue weighted by atomic mass is 15.3. The van der Waals surface area contributed by atoms with Crippen molar-refractivity contribution in [3.63, 3.8) is 0 Å². The van der Waals surface area contributed by atoms with Gasteiger partial charge in [-0.3, -0.25) is 19.8 Å². The first-order chi connectivity index (χ1) is 14.5. The van der Waals surface area contributed by atoms with Crippen molar-refractivity contribution in [2.24, 2.45) is 0 Å². The van der Waals surface area contributed by atoms with Crippen LogP contribution in [-0.4, -0.2) is 45.9 Å². The highest BCUT2D eigenvalue weighted by Crippen LogP contribution is 2.24. The van der Waals surface area contributed by atoms with Gasteiger partial charge in [0, 0.05) is 56.7 Å². The maximum Gasteiger partial charge on any atom is 0.0705 e. The molecule has 0 bridgehead atoms. The number of benzene rings is 1. The van der Waals surface area contributed by atoms with Crippen LogP contribution < -0.4 is 0 Å². The van der Waals surface area contributed by atoms with Crippen LogP contribution in [0.25, 0.3) is 11.3 Å². The van der Waals surface area contributed by atoms with Gasteiger partial charge >= 0.3 is 0 Å². The van der Waals surface area contributed by atoms with Crippen molar-refractivity contribution in [1.29, 1.82) is 0 Å². The predicted octanol–water partition coefficient (Wildman–Crippen LogP) is 4.70. The summed E-state index contributed by atoms with van der Waals surface area (Å²) >= 11 is 0. The molecule has 3 aromatic rings. The Morgan fingerprint density at radius 1 is 0.800 bits per heavy atom. The summed E-state index contributed by atoms with van der Waals surface area (Å²) in [4.78, 5) is 14.3. The molecule has 2 aromatic heterocycles. The molecule has 1 saturated heterocycles. The van der Waals surface area contributed by atoms with E-state index in [1.54, 1.807) is 0 Å². The average Bonchev–Trinajstić information content (AvgIpc) is 2.73. The summed E-state index contributed by atoms with van der Waals surface area (Å²) in [5, 5.41) is 0. The third-order valence-corrected chi connectivity index (χ3v) is 6.25. The van der Waals surface area contributed by atoms with Gasteiger partial charge in [-0.15, -0.1) is 0 Å². The number of rotatable bonds is 5. The first-order valence-corrected chi connectivity index (χ1v) is 10.9. The summed E-state index contributed by atoms with van der Waals surface area (Å²) in [6, 6.07) is 15.2. The summed E-state index contributed by atoms with van der Waals surface area (Å²) in [6.07, 6.45) is 1.95. The fourth-order valence-electron chi connectivity index (χ4n) is 4.19. The Kier molecular flexibility index (Phi) is 6.26. The molecule has 4 heteroatoms. The topological polar surface area (TPSA) is 32.3 Å². The molecule has 4 nitrogen and oxygen atoms in total. The highest BCUT2D eigenvalue weighted by Gasteiger charge is 2.18. The van der Waals surface area contributed by atoms with Crippen LogP contribution >= 0.6 is 0 Å². The Balaban J connectivity index is 1.37. The van der Waals surface area contributed by atoms with Crippen molar-refractivity contribution in [2.45, 2.75) is 40.8 Å². The van der Waals surface area contributed by atoms with E-state index in [1.807, 2.05) is 6.20 Å². The Hall–Kier alpha value is -2.56. The zero-order valence-corrected chi connectivity index (χ0v) is 18.7. The van der Waals surface area contributed by atoms with Crippen molar-refractivity contribution in [1.82, 2.24) is 19.8 Å². The second-order valence-corrected chi connectivity index (χ2v) is 8.61. The molecule has 156 valence electrons. The molecular formula is C26H32N4. The molecular weight excluding hydrogens is 368 g/mol. The Morgan fingerprint density at radius 3 is 2.13 bits per heavy atom. The molecule has 3 heterocycles. The zero-order valence-electron chi connectivity index (χ0n) is 18.7. The smallest absolute Gasteiger partial charge is 0.0705 e. The molecule has 0 aliphatic carbocycles. The lowest BCUT2D eigenvalue weighted by atomic mass is 9.98. The third-order valence-electron chi connectivity index (χ3n) is 6.25. The predicted molar refractivity (Wildman–Crippen MR) is 123 cm³/mol. The van der Waals surface area contributed by atoms with E-state index in [4.69, 9.17) is 0 Å². The zero-order chi connectivity index (χ0) is 21.1. The van der Waals surface area contributed by atoms with Gasteiger partial charge in [0.15, 0.2) is 0 Å². The number of aryl methyl sites for hydroxylation is 3. The fourth-order valence-corrected chi connectivity index (χ4v) is 4.19. The van der Waals surface area contributed by atoms with Crippen LogP contribution in [0, 0.1) is 27.7 Å². The molecule has 1 fully saturated rings. The normalized spacial score (nSPS) is 15.5. The molecule has 4 rings (SSSR count). The molecule has 30 heavy (non-hydrogen) atoms. The number of pyridine rings is 2. The van der Waals surface area contributed by atoms with Crippen LogP contribution in [-0.2, 0) is 13.1 Å². The SMILES string of the molecule is Cc1cccc(CN2CCN(Cc3ccnc(-c4cc(C)c(C)c(C)c4)c3)CC2)n1. The van der Waals surface area contributed by atoms with Gasteiger partial charge < -0.3 is 0 Å². The van der Waals surface area contributed by atoms with Crippen molar-refractivity contribution < 1.29 is 0 Å². The monoisotopic (exact) mass is 400 g/mol. The van der Waals surface area contributed by atoms with Crippen LogP contribution in [0.15, 0.2) is 48.7 Å². The van der Waals surface area contributed by atoms with Crippen LogP contribution in [0.5, 0.6) is 0 Å². The minimum atomic E-state index is 0.945. The molecule has 0 radical (unpaired) electrons. The maximum atomic E-state index is 4.65. The molecule has 0 unspecified atom stereocenters. The first kappa shape index (κ1) is 20.7. The van der Waals surface area contributed by atoms with E-state index < -0.39 is 0 Å². The minimum Gasteiger partial charge on any atom is -0.297 e. The van der Waals surface area contributed by atoms with E-state index in [1.165, 1.54) is 33.5 Å². The highest BCUT2D eigenvalue weighted by molar-refractivity contribution is 5.63. The van der Waals surface area contributed by atoms with Gasteiger partial charge in [0.25, 0.3) is 0 Å². The van der Waals surface area contributed by atoms with Gasteiger partial charge in [0.2, 0.25) is 0 Å². The van der Waals surface area contributed by atoms with Gasteiger partial charge in [-0.05, 0) is 86.3 Å². The molecule has 1 aliphatic rings. The summed E-state index contributed by atoms with van der Waals surface area (Å²) in [5.41, 5.74) is 9.92. The molecule has 0 saturated carbocycles. The van der Waals surface area contributed by atoms with E-state index in [2.05, 4.69) is 89.9 Å². The van der Waals surface area contributed by atoms with E-state index in [0.29, 0.717) is 0 Å². The van der Waals surface area contributed by atoms with Gasteiger partial charge in [-0.2, -0.15) is 0 Å². The first-order valence-electron chi connectivity index (χ1n) is 10.9. The molecule has 0 N–H and O–H groups in total. The van der Waals surface area contributed by atoms with Crippen molar-refractivity contribution in [2.75, 3.05) is 26.2 Å². The van der Waals surface area contributed by atoms with Gasteiger partial charge in [-0.1, -0.05) is 6.07 Å². The molecule has 1 aliphatic heterocycles. The number of nitrogens with zero attached hydrogens (tertiary/aromatic N) is 4.